The van der Waals surface area contributed by atoms with Crippen molar-refractivity contribution in [1.82, 2.24) is 15.1 Å². The van der Waals surface area contributed by atoms with Gasteiger partial charge in [-0.2, -0.15) is 0 Å². The first kappa shape index (κ1) is 18.1. The molecule has 24 heavy (non-hydrogen) atoms. The number of nitrogens with zero attached hydrogens (tertiary/aromatic N) is 2. The van der Waals surface area contributed by atoms with Crippen LogP contribution in [0.5, 0.6) is 0 Å². The number of halogens is 1. The van der Waals surface area contributed by atoms with Crippen molar-refractivity contribution in [2.24, 2.45) is 0 Å². The summed E-state index contributed by atoms with van der Waals surface area (Å²) in [6, 6.07) is 6.40. The molecule has 1 aliphatic rings. The fourth-order valence-electron chi connectivity index (χ4n) is 2.73. The summed E-state index contributed by atoms with van der Waals surface area (Å²) in [5.41, 5.74) is 1.04. The number of rotatable bonds is 5. The van der Waals surface area contributed by atoms with Crippen LogP contribution in [0.4, 0.5) is 4.39 Å². The van der Waals surface area contributed by atoms with Gasteiger partial charge in [0, 0.05) is 57.8 Å². The maximum Gasteiger partial charge on any atom is 0.244 e. The van der Waals surface area contributed by atoms with E-state index in [1.54, 1.807) is 32.0 Å². The topological polar surface area (TPSA) is 52.7 Å². The molecule has 0 radical (unpaired) electrons. The van der Waals surface area contributed by atoms with Gasteiger partial charge in [-0.25, -0.2) is 4.39 Å². The van der Waals surface area contributed by atoms with Gasteiger partial charge in [-0.15, -0.1) is 0 Å². The molecule has 0 saturated carbocycles. The summed E-state index contributed by atoms with van der Waals surface area (Å²) >= 11 is 0. The summed E-state index contributed by atoms with van der Waals surface area (Å²) in [6.07, 6.45) is 1.42. The maximum absolute atomic E-state index is 13.7. The number of carbonyl (C=O) groups is 2. The lowest BCUT2D eigenvalue weighted by atomic mass is 10.1. The molecule has 130 valence electrons. The molecule has 0 aliphatic carbocycles. The molecule has 1 N–H and O–H groups in total. The van der Waals surface area contributed by atoms with E-state index in [9.17, 15) is 14.0 Å². The van der Waals surface area contributed by atoms with E-state index >= 15 is 0 Å². The molecule has 1 aromatic carbocycles. The highest BCUT2D eigenvalue weighted by Crippen LogP contribution is 2.16. The fourth-order valence-corrected chi connectivity index (χ4v) is 2.73. The molecular formula is C18H24FN3O2. The number of nitrogens with one attached hydrogen (secondary N) is 1. The fraction of sp³-hybridized carbons (Fsp3) is 0.444. The lowest BCUT2D eigenvalue weighted by molar-refractivity contribution is -0.130. The van der Waals surface area contributed by atoms with Gasteiger partial charge >= 0.3 is 0 Å². The lowest BCUT2D eigenvalue weighted by Crippen LogP contribution is -2.49. The molecule has 1 aromatic rings. The molecule has 0 bridgehead atoms. The van der Waals surface area contributed by atoms with E-state index in [2.05, 4.69) is 10.2 Å². The van der Waals surface area contributed by atoms with Gasteiger partial charge in [0.15, 0.2) is 0 Å². The molecule has 1 fully saturated rings. The van der Waals surface area contributed by atoms with Gasteiger partial charge < -0.3 is 10.2 Å². The molecule has 1 heterocycles. The van der Waals surface area contributed by atoms with Crippen LogP contribution in [0.25, 0.3) is 5.57 Å². The summed E-state index contributed by atoms with van der Waals surface area (Å²) in [5.74, 6) is -0.447. The van der Waals surface area contributed by atoms with Gasteiger partial charge in [0.05, 0.1) is 0 Å². The Hall–Kier alpha value is -2.21. The average Bonchev–Trinajstić information content (AvgIpc) is 2.55. The lowest BCUT2D eigenvalue weighted by Gasteiger charge is -2.34. The second-order valence-corrected chi connectivity index (χ2v) is 5.95. The SMILES string of the molecule is CC(=O)N1CCN(CCNC(=O)/C=C(/C)c2ccccc2F)CC1. The second-order valence-electron chi connectivity index (χ2n) is 5.95. The van der Waals surface area contributed by atoms with Crippen molar-refractivity contribution >= 4 is 17.4 Å². The van der Waals surface area contributed by atoms with Crippen LogP contribution in [0.2, 0.25) is 0 Å². The zero-order valence-corrected chi connectivity index (χ0v) is 14.2. The highest BCUT2D eigenvalue weighted by atomic mass is 19.1. The molecule has 2 amide bonds. The van der Waals surface area contributed by atoms with Crippen LogP contribution in [-0.4, -0.2) is 60.9 Å². The number of benzene rings is 1. The zero-order chi connectivity index (χ0) is 17.5. The van der Waals surface area contributed by atoms with Gasteiger partial charge in [0.2, 0.25) is 11.8 Å². The van der Waals surface area contributed by atoms with E-state index in [0.717, 1.165) is 32.7 Å². The summed E-state index contributed by atoms with van der Waals surface area (Å²) in [7, 11) is 0. The summed E-state index contributed by atoms with van der Waals surface area (Å²) in [4.78, 5) is 27.3. The van der Waals surface area contributed by atoms with Crippen LogP contribution in [0.15, 0.2) is 30.3 Å². The Morgan fingerprint density at radius 2 is 1.83 bits per heavy atom. The number of piperazine rings is 1. The van der Waals surface area contributed by atoms with Crippen molar-refractivity contribution in [1.29, 1.82) is 0 Å². The molecule has 0 spiro atoms. The Kier molecular flexibility index (Phi) is 6.49. The van der Waals surface area contributed by atoms with Crippen molar-refractivity contribution in [2.75, 3.05) is 39.3 Å². The molecular weight excluding hydrogens is 309 g/mol. The minimum absolute atomic E-state index is 0.108. The Bertz CT molecular complexity index is 622. The number of amides is 2. The first-order valence-electron chi connectivity index (χ1n) is 8.16. The first-order chi connectivity index (χ1) is 11.5. The number of hydrogen-bond acceptors (Lipinski definition) is 3. The van der Waals surface area contributed by atoms with Crippen LogP contribution in [0.1, 0.15) is 19.4 Å². The van der Waals surface area contributed by atoms with E-state index in [1.165, 1.54) is 12.1 Å². The molecule has 1 aliphatic heterocycles. The van der Waals surface area contributed by atoms with Crippen LogP contribution in [0.3, 0.4) is 0 Å². The zero-order valence-electron chi connectivity index (χ0n) is 14.2. The largest absolute Gasteiger partial charge is 0.351 e. The highest BCUT2D eigenvalue weighted by molar-refractivity contribution is 5.94. The van der Waals surface area contributed by atoms with E-state index in [4.69, 9.17) is 0 Å². The van der Waals surface area contributed by atoms with Crippen molar-refractivity contribution < 1.29 is 14.0 Å². The molecule has 1 saturated heterocycles. The monoisotopic (exact) mass is 333 g/mol. The number of carbonyl (C=O) groups excluding carboxylic acids is 2. The molecule has 5 nitrogen and oxygen atoms in total. The summed E-state index contributed by atoms with van der Waals surface area (Å²) < 4.78 is 13.7. The van der Waals surface area contributed by atoms with Gasteiger partial charge in [0.1, 0.15) is 5.82 Å². The van der Waals surface area contributed by atoms with Crippen LogP contribution < -0.4 is 5.32 Å². The molecule has 2 rings (SSSR count). The summed E-state index contributed by atoms with van der Waals surface area (Å²) in [6.45, 7) is 7.67. The van der Waals surface area contributed by atoms with Crippen LogP contribution in [-0.2, 0) is 9.59 Å². The maximum atomic E-state index is 13.7. The van der Waals surface area contributed by atoms with Gasteiger partial charge in [-0.05, 0) is 18.6 Å². The predicted octanol–water partition coefficient (Wildman–Crippen LogP) is 1.51. The highest BCUT2D eigenvalue weighted by Gasteiger charge is 2.17. The molecule has 0 atom stereocenters. The van der Waals surface area contributed by atoms with E-state index in [0.29, 0.717) is 17.7 Å². The second kappa shape index (κ2) is 8.59. The van der Waals surface area contributed by atoms with Gasteiger partial charge in [0.25, 0.3) is 0 Å². The minimum Gasteiger partial charge on any atom is -0.351 e. The van der Waals surface area contributed by atoms with E-state index in [-0.39, 0.29) is 17.6 Å². The van der Waals surface area contributed by atoms with Crippen molar-refractivity contribution in [2.45, 2.75) is 13.8 Å². The Labute approximate surface area is 142 Å². The molecule has 0 aromatic heterocycles. The van der Waals surface area contributed by atoms with Crippen LogP contribution in [0, 0.1) is 5.82 Å². The average molecular weight is 333 g/mol. The Morgan fingerprint density at radius 3 is 2.46 bits per heavy atom. The standard InChI is InChI=1S/C18H24FN3O2/c1-14(16-5-3-4-6-17(16)19)13-18(24)20-7-8-21-9-11-22(12-10-21)15(2)23/h3-6,13H,7-12H2,1-2H3,(H,20,24)/b14-13-. The van der Waals surface area contributed by atoms with Gasteiger partial charge in [-0.1, -0.05) is 18.2 Å². The van der Waals surface area contributed by atoms with Gasteiger partial charge in [-0.3, -0.25) is 14.5 Å². The predicted molar refractivity (Wildman–Crippen MR) is 91.8 cm³/mol. The van der Waals surface area contributed by atoms with E-state index < -0.39 is 0 Å². The molecule has 0 unspecified atom stereocenters. The van der Waals surface area contributed by atoms with E-state index in [1.807, 2.05) is 4.90 Å². The van der Waals surface area contributed by atoms with Crippen LogP contribution >= 0.6 is 0 Å². The third-order valence-electron chi connectivity index (χ3n) is 4.19. The third-order valence-corrected chi connectivity index (χ3v) is 4.19. The first-order valence-corrected chi connectivity index (χ1v) is 8.16. The molecule has 6 heteroatoms. The summed E-state index contributed by atoms with van der Waals surface area (Å²) in [5, 5.41) is 2.82. The van der Waals surface area contributed by atoms with Crippen molar-refractivity contribution in [3.8, 4) is 0 Å². The number of hydrogen-bond donors (Lipinski definition) is 1. The van der Waals surface area contributed by atoms with Crippen molar-refractivity contribution in [3.05, 3.63) is 41.7 Å². The third kappa shape index (κ3) is 5.16. The number of allylic oxidation sites excluding steroid dienone is 1. The Balaban J connectivity index is 1.75. The minimum atomic E-state index is -0.331. The Morgan fingerprint density at radius 1 is 1.17 bits per heavy atom. The smallest absolute Gasteiger partial charge is 0.244 e. The quantitative estimate of drug-likeness (QED) is 0.831. The normalized spacial score (nSPS) is 16.1. The van der Waals surface area contributed by atoms with Crippen molar-refractivity contribution in [3.63, 3.8) is 0 Å².